The number of hydrogen-bond donors (Lipinski definition) is 2. The highest BCUT2D eigenvalue weighted by atomic mass is 79.9. The van der Waals surface area contributed by atoms with Gasteiger partial charge in [0, 0.05) is 9.86 Å². The highest BCUT2D eigenvalue weighted by molar-refractivity contribution is 9.10. The Morgan fingerprint density at radius 1 is 1.27 bits per heavy atom. The van der Waals surface area contributed by atoms with E-state index in [2.05, 4.69) is 45.4 Å². The van der Waals surface area contributed by atoms with Crippen molar-refractivity contribution in [3.8, 4) is 0 Å². The molecule has 4 heteroatoms. The number of benzene rings is 1. The molecule has 1 aromatic heterocycles. The Labute approximate surface area is 96.8 Å². The Morgan fingerprint density at radius 2 is 2.00 bits per heavy atom. The van der Waals surface area contributed by atoms with Crippen LogP contribution in [0.15, 0.2) is 22.7 Å². The lowest BCUT2D eigenvalue weighted by atomic mass is 10.1. The maximum Gasteiger partial charge on any atom is 0.143 e. The summed E-state index contributed by atoms with van der Waals surface area (Å²) in [5.41, 5.74) is 5.80. The largest absolute Gasteiger partial charge is 0.308 e. The quantitative estimate of drug-likeness (QED) is 0.616. The summed E-state index contributed by atoms with van der Waals surface area (Å²) in [7, 11) is 0. The molecule has 1 aromatic carbocycles. The van der Waals surface area contributed by atoms with Gasteiger partial charge in [0.2, 0.25) is 0 Å². The van der Waals surface area contributed by atoms with E-state index in [1.165, 1.54) is 5.56 Å². The molecule has 0 bridgehead atoms. The van der Waals surface area contributed by atoms with Crippen molar-refractivity contribution in [2.45, 2.75) is 13.8 Å². The summed E-state index contributed by atoms with van der Waals surface area (Å²) in [6, 6.07) is 6.17. The van der Waals surface area contributed by atoms with E-state index in [1.807, 2.05) is 13.0 Å². The zero-order valence-electron chi connectivity index (χ0n) is 8.63. The smallest absolute Gasteiger partial charge is 0.143 e. The molecule has 0 unspecified atom stereocenters. The van der Waals surface area contributed by atoms with Crippen molar-refractivity contribution in [2.75, 3.05) is 5.43 Å². The summed E-state index contributed by atoms with van der Waals surface area (Å²) in [4.78, 5) is 4.47. The van der Waals surface area contributed by atoms with Gasteiger partial charge in [0.25, 0.3) is 0 Å². The summed E-state index contributed by atoms with van der Waals surface area (Å²) in [6.07, 6.45) is 0. The van der Waals surface area contributed by atoms with Crippen LogP contribution in [0.3, 0.4) is 0 Å². The molecule has 0 aliphatic heterocycles. The van der Waals surface area contributed by atoms with Gasteiger partial charge in [-0.3, -0.25) is 0 Å². The zero-order valence-corrected chi connectivity index (χ0v) is 10.2. The molecule has 0 saturated heterocycles. The number of hydrazine groups is 1. The van der Waals surface area contributed by atoms with E-state index in [0.29, 0.717) is 5.82 Å². The minimum Gasteiger partial charge on any atom is -0.308 e. The van der Waals surface area contributed by atoms with E-state index >= 15 is 0 Å². The predicted molar refractivity (Wildman–Crippen MR) is 66.7 cm³/mol. The molecule has 0 aliphatic rings. The SMILES string of the molecule is Cc1cc2c(C)ccc(Br)c2nc1NN. The third kappa shape index (κ3) is 1.70. The second kappa shape index (κ2) is 3.79. The van der Waals surface area contributed by atoms with Crippen LogP contribution in [0.4, 0.5) is 5.82 Å². The minimum atomic E-state index is 0.716. The monoisotopic (exact) mass is 265 g/mol. The molecule has 2 rings (SSSR count). The molecule has 78 valence electrons. The molecule has 3 nitrogen and oxygen atoms in total. The van der Waals surface area contributed by atoms with E-state index < -0.39 is 0 Å². The molecule has 0 aliphatic carbocycles. The minimum absolute atomic E-state index is 0.716. The molecular formula is C11H12BrN3. The Balaban J connectivity index is 2.86. The number of rotatable bonds is 1. The number of pyridine rings is 1. The number of hydrogen-bond acceptors (Lipinski definition) is 3. The van der Waals surface area contributed by atoms with Crippen molar-refractivity contribution in [2.24, 2.45) is 5.84 Å². The Hall–Kier alpha value is -1.13. The fourth-order valence-corrected chi connectivity index (χ4v) is 2.04. The van der Waals surface area contributed by atoms with Crippen molar-refractivity contribution >= 4 is 32.7 Å². The number of nitrogen functional groups attached to an aromatic ring is 1. The number of nitrogens with one attached hydrogen (secondary N) is 1. The van der Waals surface area contributed by atoms with Gasteiger partial charge in [-0.1, -0.05) is 6.07 Å². The second-order valence-corrected chi connectivity index (χ2v) is 4.41. The highest BCUT2D eigenvalue weighted by Gasteiger charge is 2.06. The highest BCUT2D eigenvalue weighted by Crippen LogP contribution is 2.28. The summed E-state index contributed by atoms with van der Waals surface area (Å²) in [5, 5.41) is 1.15. The Morgan fingerprint density at radius 3 is 2.67 bits per heavy atom. The lowest BCUT2D eigenvalue weighted by Crippen LogP contribution is -2.10. The fourth-order valence-electron chi connectivity index (χ4n) is 1.61. The molecule has 0 saturated carbocycles. The first kappa shape index (κ1) is 10.4. The van der Waals surface area contributed by atoms with E-state index in [4.69, 9.17) is 5.84 Å². The van der Waals surface area contributed by atoms with E-state index in [0.717, 1.165) is 20.9 Å². The molecule has 0 fully saturated rings. The first-order valence-corrected chi connectivity index (χ1v) is 5.46. The third-order valence-corrected chi connectivity index (χ3v) is 3.12. The maximum absolute atomic E-state index is 5.40. The molecule has 1 heterocycles. The van der Waals surface area contributed by atoms with E-state index in [1.54, 1.807) is 0 Å². The predicted octanol–water partition coefficient (Wildman–Crippen LogP) is 2.90. The normalized spacial score (nSPS) is 10.7. The number of halogens is 1. The van der Waals surface area contributed by atoms with Crippen LogP contribution in [-0.2, 0) is 0 Å². The van der Waals surface area contributed by atoms with Crippen LogP contribution in [0.25, 0.3) is 10.9 Å². The van der Waals surface area contributed by atoms with Crippen LogP contribution in [0, 0.1) is 13.8 Å². The van der Waals surface area contributed by atoms with Crippen molar-refractivity contribution in [3.05, 3.63) is 33.8 Å². The van der Waals surface area contributed by atoms with Crippen LogP contribution in [-0.4, -0.2) is 4.98 Å². The summed E-state index contributed by atoms with van der Waals surface area (Å²) >= 11 is 3.49. The van der Waals surface area contributed by atoms with Crippen molar-refractivity contribution < 1.29 is 0 Å². The Kier molecular flexibility index (Phi) is 2.63. The second-order valence-electron chi connectivity index (χ2n) is 3.56. The fraction of sp³-hybridized carbons (Fsp3) is 0.182. The molecular weight excluding hydrogens is 254 g/mol. The van der Waals surface area contributed by atoms with Crippen molar-refractivity contribution in [1.29, 1.82) is 0 Å². The molecule has 0 radical (unpaired) electrons. The average molecular weight is 266 g/mol. The first-order valence-electron chi connectivity index (χ1n) is 4.66. The molecule has 2 aromatic rings. The van der Waals surface area contributed by atoms with Gasteiger partial charge in [0.1, 0.15) is 5.82 Å². The van der Waals surface area contributed by atoms with Crippen LogP contribution in [0.5, 0.6) is 0 Å². The summed E-state index contributed by atoms with van der Waals surface area (Å²) in [5.74, 6) is 6.12. The zero-order chi connectivity index (χ0) is 11.0. The number of fused-ring (bicyclic) bond motifs is 1. The third-order valence-electron chi connectivity index (χ3n) is 2.48. The average Bonchev–Trinajstić information content (AvgIpc) is 2.23. The summed E-state index contributed by atoms with van der Waals surface area (Å²) in [6.45, 7) is 4.06. The molecule has 15 heavy (non-hydrogen) atoms. The van der Waals surface area contributed by atoms with Crippen molar-refractivity contribution in [1.82, 2.24) is 4.98 Å². The van der Waals surface area contributed by atoms with Gasteiger partial charge >= 0.3 is 0 Å². The number of nitrogens with zero attached hydrogens (tertiary/aromatic N) is 1. The van der Waals surface area contributed by atoms with Gasteiger partial charge in [-0.05, 0) is 53.0 Å². The van der Waals surface area contributed by atoms with E-state index in [-0.39, 0.29) is 0 Å². The number of aromatic nitrogens is 1. The number of anilines is 1. The Bertz CT molecular complexity index is 523. The van der Waals surface area contributed by atoms with Crippen LogP contribution >= 0.6 is 15.9 Å². The lowest BCUT2D eigenvalue weighted by molar-refractivity contribution is 1.22. The van der Waals surface area contributed by atoms with Crippen molar-refractivity contribution in [3.63, 3.8) is 0 Å². The number of aryl methyl sites for hydroxylation is 2. The van der Waals surface area contributed by atoms with Gasteiger partial charge < -0.3 is 5.43 Å². The molecule has 0 amide bonds. The lowest BCUT2D eigenvalue weighted by Gasteiger charge is -2.09. The van der Waals surface area contributed by atoms with Gasteiger partial charge in [-0.15, -0.1) is 0 Å². The van der Waals surface area contributed by atoms with Crippen LogP contribution in [0.2, 0.25) is 0 Å². The van der Waals surface area contributed by atoms with Gasteiger partial charge in [0.05, 0.1) is 5.52 Å². The maximum atomic E-state index is 5.40. The first-order chi connectivity index (χ1) is 7.13. The van der Waals surface area contributed by atoms with Gasteiger partial charge in [-0.25, -0.2) is 10.8 Å². The topological polar surface area (TPSA) is 50.9 Å². The summed E-state index contributed by atoms with van der Waals surface area (Å²) < 4.78 is 0.986. The van der Waals surface area contributed by atoms with E-state index in [9.17, 15) is 0 Å². The molecule has 0 atom stereocenters. The van der Waals surface area contributed by atoms with Gasteiger partial charge in [0.15, 0.2) is 0 Å². The van der Waals surface area contributed by atoms with Crippen LogP contribution in [0.1, 0.15) is 11.1 Å². The standard InChI is InChI=1S/C11H12BrN3/c1-6-3-4-9(12)10-8(6)5-7(2)11(14-10)15-13/h3-5H,13H2,1-2H3,(H,14,15). The molecule has 0 spiro atoms. The van der Waals surface area contributed by atoms with Crippen LogP contribution < -0.4 is 11.3 Å². The molecule has 3 N–H and O–H groups in total. The van der Waals surface area contributed by atoms with Gasteiger partial charge in [-0.2, -0.15) is 0 Å². The number of nitrogens with two attached hydrogens (primary N) is 1.